The number of anilines is 1. The average Bonchev–Trinajstić information content (AvgIpc) is 3.21. The van der Waals surface area contributed by atoms with Gasteiger partial charge in [0.1, 0.15) is 11.5 Å². The molecule has 0 saturated heterocycles. The van der Waals surface area contributed by atoms with Gasteiger partial charge >= 0.3 is 6.03 Å². The summed E-state index contributed by atoms with van der Waals surface area (Å²) in [5.74, 6) is 1.12. The number of aliphatic hydroxyl groups is 1. The number of hydrogen-bond acceptors (Lipinski definition) is 4. The van der Waals surface area contributed by atoms with Gasteiger partial charge in [-0.3, -0.25) is 5.32 Å². The molecule has 7 nitrogen and oxygen atoms in total. The lowest BCUT2D eigenvalue weighted by Gasteiger charge is -2.11. The Labute approximate surface area is 145 Å². The second-order valence-corrected chi connectivity index (χ2v) is 5.75. The number of amides is 2. The van der Waals surface area contributed by atoms with Crippen molar-refractivity contribution in [3.05, 3.63) is 53.8 Å². The first kappa shape index (κ1) is 16.8. The summed E-state index contributed by atoms with van der Waals surface area (Å²) in [5, 5.41) is 18.7. The van der Waals surface area contributed by atoms with Crippen LogP contribution in [0.2, 0.25) is 0 Å². The number of carbonyl (C=O) groups excluding carboxylic acids is 1. The molecule has 0 aliphatic rings. The molecule has 0 saturated carbocycles. The van der Waals surface area contributed by atoms with Crippen molar-refractivity contribution in [3.63, 3.8) is 0 Å². The van der Waals surface area contributed by atoms with Crippen LogP contribution in [0.15, 0.2) is 47.1 Å². The zero-order valence-electron chi connectivity index (χ0n) is 14.1. The highest BCUT2D eigenvalue weighted by atomic mass is 16.3. The Morgan fingerprint density at radius 1 is 1.24 bits per heavy atom. The lowest BCUT2D eigenvalue weighted by atomic mass is 10.1. The molecule has 7 heteroatoms. The fraction of sp³-hybridized carbons (Fsp3) is 0.222. The molecule has 2 amide bonds. The second-order valence-electron chi connectivity index (χ2n) is 5.75. The van der Waals surface area contributed by atoms with Gasteiger partial charge in [-0.2, -0.15) is 5.10 Å². The maximum atomic E-state index is 12.0. The van der Waals surface area contributed by atoms with Gasteiger partial charge in [0.25, 0.3) is 0 Å². The van der Waals surface area contributed by atoms with E-state index in [2.05, 4.69) is 21.8 Å². The van der Waals surface area contributed by atoms with E-state index in [9.17, 15) is 4.79 Å². The standard InChI is InChI=1S/C18H20N4O3/c1-12-8-13(2)10-14(9-12)22-17(20-18(24)19-5-6-23)11-15(21-22)16-4-3-7-25-16/h3-4,7-11,23H,5-6H2,1-2H3,(H2,19,20,24). The van der Waals surface area contributed by atoms with E-state index in [0.717, 1.165) is 16.8 Å². The molecule has 2 heterocycles. The van der Waals surface area contributed by atoms with Crippen molar-refractivity contribution in [2.24, 2.45) is 0 Å². The third-order valence-electron chi connectivity index (χ3n) is 3.57. The lowest BCUT2D eigenvalue weighted by Crippen LogP contribution is -2.31. The third kappa shape index (κ3) is 3.89. The normalized spacial score (nSPS) is 10.7. The zero-order chi connectivity index (χ0) is 17.8. The molecule has 0 bridgehead atoms. The predicted octanol–water partition coefficient (Wildman–Crippen LogP) is 2.86. The Kier molecular flexibility index (Phi) is 4.85. The van der Waals surface area contributed by atoms with Crippen LogP contribution in [-0.4, -0.2) is 34.1 Å². The molecule has 0 radical (unpaired) electrons. The number of aromatic nitrogens is 2. The third-order valence-corrected chi connectivity index (χ3v) is 3.57. The molecule has 3 aromatic rings. The van der Waals surface area contributed by atoms with Gasteiger partial charge in [0.05, 0.1) is 18.6 Å². The summed E-state index contributed by atoms with van der Waals surface area (Å²) in [6.45, 7) is 4.07. The molecule has 0 spiro atoms. The van der Waals surface area contributed by atoms with Crippen LogP contribution in [0.3, 0.4) is 0 Å². The van der Waals surface area contributed by atoms with Gasteiger partial charge in [-0.15, -0.1) is 0 Å². The molecule has 1 aromatic carbocycles. The Bertz CT molecular complexity index is 848. The van der Waals surface area contributed by atoms with Gasteiger partial charge in [-0.1, -0.05) is 6.07 Å². The molecule has 0 aliphatic heterocycles. The summed E-state index contributed by atoms with van der Waals surface area (Å²) in [6, 6.07) is 11.0. The van der Waals surface area contributed by atoms with Crippen LogP contribution in [-0.2, 0) is 0 Å². The number of benzene rings is 1. The number of furan rings is 1. The average molecular weight is 340 g/mol. The van der Waals surface area contributed by atoms with Gasteiger partial charge in [0.2, 0.25) is 0 Å². The highest BCUT2D eigenvalue weighted by molar-refractivity contribution is 5.89. The maximum absolute atomic E-state index is 12.0. The van der Waals surface area contributed by atoms with Crippen molar-refractivity contribution in [2.75, 3.05) is 18.5 Å². The predicted molar refractivity (Wildman–Crippen MR) is 94.8 cm³/mol. The molecular formula is C18H20N4O3. The van der Waals surface area contributed by atoms with Gasteiger partial charge in [-0.05, 0) is 49.2 Å². The first-order chi connectivity index (χ1) is 12.1. The molecule has 2 aromatic heterocycles. The van der Waals surface area contributed by atoms with Crippen molar-refractivity contribution in [1.82, 2.24) is 15.1 Å². The smallest absolute Gasteiger partial charge is 0.320 e. The highest BCUT2D eigenvalue weighted by Gasteiger charge is 2.15. The number of nitrogens with one attached hydrogen (secondary N) is 2. The summed E-state index contributed by atoms with van der Waals surface area (Å²) < 4.78 is 7.07. The largest absolute Gasteiger partial charge is 0.463 e. The highest BCUT2D eigenvalue weighted by Crippen LogP contribution is 2.26. The number of aryl methyl sites for hydroxylation is 2. The van der Waals surface area contributed by atoms with Crippen LogP contribution in [0.25, 0.3) is 17.1 Å². The summed E-state index contributed by atoms with van der Waals surface area (Å²) in [5.41, 5.74) is 3.65. The van der Waals surface area contributed by atoms with E-state index in [1.54, 1.807) is 23.1 Å². The summed E-state index contributed by atoms with van der Waals surface area (Å²) >= 11 is 0. The number of hydrogen-bond donors (Lipinski definition) is 3. The summed E-state index contributed by atoms with van der Waals surface area (Å²) in [4.78, 5) is 12.0. The lowest BCUT2D eigenvalue weighted by molar-refractivity contribution is 0.244. The minimum Gasteiger partial charge on any atom is -0.463 e. The van der Waals surface area contributed by atoms with Crippen molar-refractivity contribution in [1.29, 1.82) is 0 Å². The van der Waals surface area contributed by atoms with Crippen molar-refractivity contribution in [2.45, 2.75) is 13.8 Å². The molecular weight excluding hydrogens is 320 g/mol. The van der Waals surface area contributed by atoms with Crippen LogP contribution in [0.5, 0.6) is 0 Å². The number of nitrogens with zero attached hydrogens (tertiary/aromatic N) is 2. The Morgan fingerprint density at radius 3 is 2.64 bits per heavy atom. The van der Waals surface area contributed by atoms with E-state index >= 15 is 0 Å². The molecule has 3 rings (SSSR count). The topological polar surface area (TPSA) is 92.3 Å². The molecule has 130 valence electrons. The minimum atomic E-state index is -0.412. The summed E-state index contributed by atoms with van der Waals surface area (Å²) in [7, 11) is 0. The molecule has 0 aliphatic carbocycles. The first-order valence-corrected chi connectivity index (χ1v) is 7.95. The summed E-state index contributed by atoms with van der Waals surface area (Å²) in [6.07, 6.45) is 1.58. The first-order valence-electron chi connectivity index (χ1n) is 7.95. The zero-order valence-corrected chi connectivity index (χ0v) is 14.1. The van der Waals surface area contributed by atoms with Crippen molar-refractivity contribution < 1.29 is 14.3 Å². The molecule has 3 N–H and O–H groups in total. The van der Waals surface area contributed by atoms with Gasteiger partial charge in [0, 0.05) is 12.6 Å². The molecule has 25 heavy (non-hydrogen) atoms. The Morgan fingerprint density at radius 2 is 2.00 bits per heavy atom. The van der Waals surface area contributed by atoms with Crippen LogP contribution < -0.4 is 10.6 Å². The monoisotopic (exact) mass is 340 g/mol. The Hall–Kier alpha value is -3.06. The van der Waals surface area contributed by atoms with E-state index in [4.69, 9.17) is 9.52 Å². The number of rotatable bonds is 5. The molecule has 0 unspecified atom stereocenters. The molecule has 0 atom stereocenters. The SMILES string of the molecule is Cc1cc(C)cc(-n2nc(-c3ccco3)cc2NC(=O)NCCO)c1. The van der Waals surface area contributed by atoms with Gasteiger partial charge < -0.3 is 14.8 Å². The maximum Gasteiger partial charge on any atom is 0.320 e. The van der Waals surface area contributed by atoms with E-state index in [1.165, 1.54) is 0 Å². The quantitative estimate of drug-likeness (QED) is 0.666. The Balaban J connectivity index is 2.00. The number of urea groups is 1. The fourth-order valence-electron chi connectivity index (χ4n) is 2.61. The minimum absolute atomic E-state index is 0.124. The van der Waals surface area contributed by atoms with E-state index in [-0.39, 0.29) is 13.2 Å². The van der Waals surface area contributed by atoms with Crippen LogP contribution in [0.1, 0.15) is 11.1 Å². The van der Waals surface area contributed by atoms with Crippen LogP contribution >= 0.6 is 0 Å². The van der Waals surface area contributed by atoms with E-state index in [0.29, 0.717) is 17.3 Å². The van der Waals surface area contributed by atoms with Gasteiger partial charge in [0.15, 0.2) is 5.76 Å². The molecule has 0 fully saturated rings. The second kappa shape index (κ2) is 7.23. The number of carbonyl (C=O) groups is 1. The number of aliphatic hydroxyl groups excluding tert-OH is 1. The van der Waals surface area contributed by atoms with Crippen LogP contribution in [0.4, 0.5) is 10.6 Å². The van der Waals surface area contributed by atoms with Crippen molar-refractivity contribution >= 4 is 11.8 Å². The van der Waals surface area contributed by atoms with E-state index in [1.807, 2.05) is 32.0 Å². The van der Waals surface area contributed by atoms with Gasteiger partial charge in [-0.25, -0.2) is 9.48 Å². The van der Waals surface area contributed by atoms with Crippen molar-refractivity contribution in [3.8, 4) is 17.1 Å². The van der Waals surface area contributed by atoms with Crippen LogP contribution in [0, 0.1) is 13.8 Å². The van der Waals surface area contributed by atoms with E-state index < -0.39 is 6.03 Å². The fourth-order valence-corrected chi connectivity index (χ4v) is 2.61.